The number of fused-ring (bicyclic) bond motifs is 1. The predicted octanol–water partition coefficient (Wildman–Crippen LogP) is 1.28. The van der Waals surface area contributed by atoms with Gasteiger partial charge in [-0.1, -0.05) is 6.07 Å². The number of nitriles is 1. The third-order valence-corrected chi connectivity index (χ3v) is 2.87. The molecule has 0 aliphatic carbocycles. The molecule has 0 bridgehead atoms. The molecule has 1 aromatic heterocycles. The first-order valence-electron chi connectivity index (χ1n) is 5.73. The van der Waals surface area contributed by atoms with E-state index >= 15 is 0 Å². The van der Waals surface area contributed by atoms with Crippen molar-refractivity contribution < 1.29 is 4.79 Å². The number of benzene rings is 1. The van der Waals surface area contributed by atoms with E-state index in [4.69, 9.17) is 11.1 Å². The van der Waals surface area contributed by atoms with E-state index in [1.54, 1.807) is 6.07 Å². The van der Waals surface area contributed by atoms with Gasteiger partial charge in [0.1, 0.15) is 0 Å². The third-order valence-electron chi connectivity index (χ3n) is 2.87. The Kier molecular flexibility index (Phi) is 3.60. The van der Waals surface area contributed by atoms with Crippen molar-refractivity contribution in [3.63, 3.8) is 0 Å². The number of nitrogens with one attached hydrogen (secondary N) is 1. The molecule has 3 N–H and O–H groups in total. The number of nitrogens with zero attached hydrogens (tertiary/aromatic N) is 2. The van der Waals surface area contributed by atoms with E-state index in [-0.39, 0.29) is 5.91 Å². The van der Waals surface area contributed by atoms with Crippen molar-refractivity contribution in [3.05, 3.63) is 36.0 Å². The van der Waals surface area contributed by atoms with Crippen LogP contribution >= 0.6 is 0 Å². The van der Waals surface area contributed by atoms with Gasteiger partial charge in [-0.25, -0.2) is 5.84 Å². The number of hydrogen-bond donors (Lipinski definition) is 2. The van der Waals surface area contributed by atoms with Gasteiger partial charge in [-0.3, -0.25) is 10.2 Å². The molecule has 1 heterocycles. The van der Waals surface area contributed by atoms with Gasteiger partial charge in [0.05, 0.1) is 11.6 Å². The van der Waals surface area contributed by atoms with Gasteiger partial charge in [0, 0.05) is 24.7 Å². The monoisotopic (exact) mass is 242 g/mol. The summed E-state index contributed by atoms with van der Waals surface area (Å²) in [6, 6.07) is 9.71. The van der Waals surface area contributed by atoms with E-state index in [9.17, 15) is 4.79 Å². The third kappa shape index (κ3) is 2.50. The molecule has 92 valence electrons. The summed E-state index contributed by atoms with van der Waals surface area (Å²) >= 11 is 0. The molecule has 0 spiro atoms. The molecule has 0 aliphatic heterocycles. The van der Waals surface area contributed by atoms with Gasteiger partial charge in [0.2, 0.25) is 5.91 Å². The summed E-state index contributed by atoms with van der Waals surface area (Å²) < 4.78 is 2.04. The molecule has 0 saturated carbocycles. The maximum Gasteiger partial charge on any atom is 0.233 e. The number of carbonyl (C=O) groups excluding carboxylic acids is 1. The minimum Gasteiger partial charge on any atom is -0.347 e. The molecule has 2 rings (SSSR count). The number of amides is 1. The molecule has 0 aliphatic rings. The van der Waals surface area contributed by atoms with Gasteiger partial charge in [0.25, 0.3) is 0 Å². The second-order valence-corrected chi connectivity index (χ2v) is 4.07. The number of rotatable bonds is 4. The van der Waals surface area contributed by atoms with Gasteiger partial charge in [0.15, 0.2) is 0 Å². The molecule has 0 saturated heterocycles. The Balaban J connectivity index is 2.13. The van der Waals surface area contributed by atoms with E-state index in [1.165, 1.54) is 0 Å². The van der Waals surface area contributed by atoms with Crippen molar-refractivity contribution in [2.24, 2.45) is 5.84 Å². The SMILES string of the molecule is N#Cc1ccc2ccn(CCCC(=O)NN)c2c1. The fourth-order valence-corrected chi connectivity index (χ4v) is 1.93. The molecule has 2 aromatic rings. The molecular weight excluding hydrogens is 228 g/mol. The number of aryl methyl sites for hydroxylation is 1. The maximum atomic E-state index is 11.0. The van der Waals surface area contributed by atoms with Crippen LogP contribution < -0.4 is 11.3 Å². The summed E-state index contributed by atoms with van der Waals surface area (Å²) in [5.74, 6) is 4.85. The van der Waals surface area contributed by atoms with Gasteiger partial charge in [-0.15, -0.1) is 0 Å². The van der Waals surface area contributed by atoms with Crippen LogP contribution in [-0.4, -0.2) is 10.5 Å². The van der Waals surface area contributed by atoms with Gasteiger partial charge >= 0.3 is 0 Å². The van der Waals surface area contributed by atoms with Crippen LogP contribution in [0.1, 0.15) is 18.4 Å². The summed E-state index contributed by atoms with van der Waals surface area (Å²) in [4.78, 5) is 11.0. The van der Waals surface area contributed by atoms with Crippen molar-refractivity contribution in [2.45, 2.75) is 19.4 Å². The minimum atomic E-state index is -0.163. The van der Waals surface area contributed by atoms with Crippen molar-refractivity contribution in [1.29, 1.82) is 5.26 Å². The molecule has 1 amide bonds. The molecule has 1 aromatic carbocycles. The first kappa shape index (κ1) is 12.1. The normalized spacial score (nSPS) is 10.2. The Morgan fingerprint density at radius 1 is 1.44 bits per heavy atom. The van der Waals surface area contributed by atoms with Crippen LogP contribution in [0.25, 0.3) is 10.9 Å². The highest BCUT2D eigenvalue weighted by molar-refractivity contribution is 5.81. The summed E-state index contributed by atoms with van der Waals surface area (Å²) in [5, 5.41) is 9.97. The van der Waals surface area contributed by atoms with Crippen molar-refractivity contribution in [2.75, 3.05) is 0 Å². The number of hydrazine groups is 1. The average molecular weight is 242 g/mol. The van der Waals surface area contributed by atoms with Crippen LogP contribution in [-0.2, 0) is 11.3 Å². The van der Waals surface area contributed by atoms with Crippen LogP contribution in [0.5, 0.6) is 0 Å². The number of nitrogens with two attached hydrogens (primary N) is 1. The summed E-state index contributed by atoms with van der Waals surface area (Å²) in [6.07, 6.45) is 3.07. The molecule has 18 heavy (non-hydrogen) atoms. The number of carbonyl (C=O) groups is 1. The summed E-state index contributed by atoms with van der Waals surface area (Å²) in [5.41, 5.74) is 3.77. The van der Waals surface area contributed by atoms with E-state index in [1.807, 2.05) is 29.0 Å². The Morgan fingerprint density at radius 2 is 2.28 bits per heavy atom. The van der Waals surface area contributed by atoms with Crippen LogP contribution in [0.15, 0.2) is 30.5 Å². The highest BCUT2D eigenvalue weighted by Crippen LogP contribution is 2.18. The Morgan fingerprint density at radius 3 is 3.00 bits per heavy atom. The highest BCUT2D eigenvalue weighted by atomic mass is 16.2. The minimum absolute atomic E-state index is 0.163. The topological polar surface area (TPSA) is 83.8 Å². The first-order valence-corrected chi connectivity index (χ1v) is 5.73. The lowest BCUT2D eigenvalue weighted by Crippen LogP contribution is -2.29. The Hall–Kier alpha value is -2.32. The fourth-order valence-electron chi connectivity index (χ4n) is 1.93. The van der Waals surface area contributed by atoms with Gasteiger partial charge in [-0.05, 0) is 30.0 Å². The van der Waals surface area contributed by atoms with Crippen LogP contribution in [0.4, 0.5) is 0 Å². The van der Waals surface area contributed by atoms with Crippen molar-refractivity contribution in [3.8, 4) is 6.07 Å². The average Bonchev–Trinajstić information content (AvgIpc) is 2.81. The Bertz CT molecular complexity index is 609. The maximum absolute atomic E-state index is 11.0. The van der Waals surface area contributed by atoms with Gasteiger partial charge in [-0.2, -0.15) is 5.26 Å². The second kappa shape index (κ2) is 5.34. The largest absolute Gasteiger partial charge is 0.347 e. The highest BCUT2D eigenvalue weighted by Gasteiger charge is 2.03. The second-order valence-electron chi connectivity index (χ2n) is 4.07. The molecule has 0 unspecified atom stereocenters. The lowest BCUT2D eigenvalue weighted by molar-refractivity contribution is -0.121. The molecular formula is C13H14N4O. The lowest BCUT2D eigenvalue weighted by Gasteiger charge is -2.05. The summed E-state index contributed by atoms with van der Waals surface area (Å²) in [6.45, 7) is 0.728. The number of aromatic nitrogens is 1. The summed E-state index contributed by atoms with van der Waals surface area (Å²) in [7, 11) is 0. The zero-order valence-electron chi connectivity index (χ0n) is 9.89. The number of hydrogen-bond acceptors (Lipinski definition) is 3. The van der Waals surface area contributed by atoms with Gasteiger partial charge < -0.3 is 4.57 Å². The first-order chi connectivity index (χ1) is 8.74. The zero-order chi connectivity index (χ0) is 13.0. The molecule has 5 nitrogen and oxygen atoms in total. The smallest absolute Gasteiger partial charge is 0.233 e. The molecule has 0 fully saturated rings. The van der Waals surface area contributed by atoms with E-state index in [0.29, 0.717) is 18.4 Å². The zero-order valence-corrected chi connectivity index (χ0v) is 9.89. The quantitative estimate of drug-likeness (QED) is 0.481. The van der Waals surface area contributed by atoms with Crippen LogP contribution in [0.3, 0.4) is 0 Å². The predicted molar refractivity (Wildman–Crippen MR) is 68.2 cm³/mol. The van der Waals surface area contributed by atoms with E-state index < -0.39 is 0 Å². The molecule has 0 atom stereocenters. The fraction of sp³-hybridized carbons (Fsp3) is 0.231. The molecule has 0 radical (unpaired) electrons. The van der Waals surface area contributed by atoms with Crippen molar-refractivity contribution >= 4 is 16.8 Å². The Labute approximate surface area is 105 Å². The van der Waals surface area contributed by atoms with Crippen molar-refractivity contribution in [1.82, 2.24) is 9.99 Å². The standard InChI is InChI=1S/C13H14N4O/c14-9-10-3-4-11-5-7-17(12(11)8-10)6-1-2-13(18)16-15/h3-5,7-8H,1-2,6,15H2,(H,16,18). The van der Waals surface area contributed by atoms with E-state index in [0.717, 1.165) is 17.4 Å². The van der Waals surface area contributed by atoms with Crippen LogP contribution in [0, 0.1) is 11.3 Å². The lowest BCUT2D eigenvalue weighted by atomic mass is 10.2. The van der Waals surface area contributed by atoms with E-state index in [2.05, 4.69) is 11.5 Å². The molecule has 5 heteroatoms. The van der Waals surface area contributed by atoms with Crippen LogP contribution in [0.2, 0.25) is 0 Å².